The number of aliphatic imine (C=N–C) groups is 1. The van der Waals surface area contributed by atoms with Gasteiger partial charge in [-0.15, -0.1) is 0 Å². The first-order chi connectivity index (χ1) is 18.8. The van der Waals surface area contributed by atoms with Crippen molar-refractivity contribution in [2.75, 3.05) is 11.4 Å². The third-order valence-corrected chi connectivity index (χ3v) is 7.07. The molecule has 0 saturated heterocycles. The third-order valence-electron chi connectivity index (χ3n) is 7.07. The van der Waals surface area contributed by atoms with Gasteiger partial charge in [0.2, 0.25) is 5.96 Å². The Balaban J connectivity index is 1.66. The van der Waals surface area contributed by atoms with Gasteiger partial charge in [0, 0.05) is 33.2 Å². The van der Waals surface area contributed by atoms with Gasteiger partial charge < -0.3 is 0 Å². The van der Waals surface area contributed by atoms with Gasteiger partial charge in [-0.25, -0.2) is 4.99 Å². The monoisotopic (exact) mass is 490 g/mol. The lowest BCUT2D eigenvalue weighted by molar-refractivity contribution is 1.04. The molecule has 0 amide bonds. The highest BCUT2D eigenvalue weighted by Crippen LogP contribution is 2.40. The fourth-order valence-electron chi connectivity index (χ4n) is 5.48. The Morgan fingerprint density at radius 2 is 1.18 bits per heavy atom. The zero-order chi connectivity index (χ0) is 25.5. The first kappa shape index (κ1) is 22.1. The molecular formula is C34H26N4. The Kier molecular flexibility index (Phi) is 5.30. The molecule has 4 heteroatoms. The predicted molar refractivity (Wildman–Crippen MR) is 160 cm³/mol. The van der Waals surface area contributed by atoms with Gasteiger partial charge in [0.1, 0.15) is 5.65 Å². The summed E-state index contributed by atoms with van der Waals surface area (Å²) in [4.78, 5) is 7.36. The first-order valence-corrected chi connectivity index (χ1v) is 12.8. The number of allylic oxidation sites excluding steroid dienone is 3. The summed E-state index contributed by atoms with van der Waals surface area (Å²) in [6.45, 7) is 5.01. The molecule has 0 atom stereocenters. The van der Waals surface area contributed by atoms with Gasteiger partial charge in [-0.3, -0.25) is 14.0 Å². The second-order valence-electron chi connectivity index (χ2n) is 9.33. The van der Waals surface area contributed by atoms with Gasteiger partial charge in [-0.1, -0.05) is 97.6 Å². The fraction of sp³-hybridized carbons (Fsp3) is 0.0294. The van der Waals surface area contributed by atoms with E-state index in [1.165, 1.54) is 16.2 Å². The van der Waals surface area contributed by atoms with Gasteiger partial charge in [0.05, 0.1) is 17.6 Å². The van der Waals surface area contributed by atoms with Crippen molar-refractivity contribution in [3.63, 3.8) is 0 Å². The second kappa shape index (κ2) is 9.09. The van der Waals surface area contributed by atoms with Crippen molar-refractivity contribution in [3.8, 4) is 5.69 Å². The van der Waals surface area contributed by atoms with E-state index in [-0.39, 0.29) is 0 Å². The van der Waals surface area contributed by atoms with Crippen LogP contribution in [0.25, 0.3) is 38.5 Å². The summed E-state index contributed by atoms with van der Waals surface area (Å²) < 4.78 is 4.67. The van der Waals surface area contributed by atoms with Crippen LogP contribution in [0.2, 0.25) is 0 Å². The molecule has 2 aromatic heterocycles. The number of anilines is 1. The van der Waals surface area contributed by atoms with Crippen LogP contribution in [0.15, 0.2) is 151 Å². The van der Waals surface area contributed by atoms with Crippen LogP contribution in [0.4, 0.5) is 5.69 Å². The maximum absolute atomic E-state index is 5.20. The highest BCUT2D eigenvalue weighted by atomic mass is 15.4. The molecule has 4 nitrogen and oxygen atoms in total. The number of rotatable bonds is 2. The van der Waals surface area contributed by atoms with Crippen molar-refractivity contribution >= 4 is 44.5 Å². The summed E-state index contributed by atoms with van der Waals surface area (Å²) in [7, 11) is 0. The molecule has 0 N–H and O–H groups in total. The number of benzene rings is 4. The van der Waals surface area contributed by atoms with E-state index in [1.807, 2.05) is 24.3 Å². The van der Waals surface area contributed by atoms with Crippen molar-refractivity contribution in [1.29, 1.82) is 0 Å². The molecular weight excluding hydrogens is 464 g/mol. The summed E-state index contributed by atoms with van der Waals surface area (Å²) in [6.07, 6.45) is 8.18. The Morgan fingerprint density at radius 1 is 0.605 bits per heavy atom. The third kappa shape index (κ3) is 3.42. The molecule has 0 unspecified atom stereocenters. The molecule has 182 valence electrons. The Morgan fingerprint density at radius 3 is 1.87 bits per heavy atom. The average Bonchev–Trinajstić information content (AvgIpc) is 3.50. The van der Waals surface area contributed by atoms with Gasteiger partial charge >= 0.3 is 0 Å². The number of hydrogen-bond acceptors (Lipinski definition) is 2. The van der Waals surface area contributed by atoms with Crippen LogP contribution in [-0.2, 0) is 0 Å². The molecule has 0 saturated carbocycles. The highest BCUT2D eigenvalue weighted by Gasteiger charge is 2.27. The quantitative estimate of drug-likeness (QED) is 0.241. The Labute approximate surface area is 221 Å². The zero-order valence-electron chi connectivity index (χ0n) is 20.9. The molecule has 1 aliphatic rings. The molecule has 0 bridgehead atoms. The SMILES string of the molecule is C=C1/C=C\C=C/C/N=C(/n2c3ccccc3c3c4ccccc4n(-c4ccccc4)c32)N1c1ccccc1. The van der Waals surface area contributed by atoms with Crippen LogP contribution >= 0.6 is 0 Å². The van der Waals surface area contributed by atoms with Crippen LogP contribution in [-0.4, -0.2) is 21.6 Å². The van der Waals surface area contributed by atoms with Gasteiger partial charge in [-0.2, -0.15) is 0 Å². The molecule has 1 aliphatic heterocycles. The van der Waals surface area contributed by atoms with E-state index in [4.69, 9.17) is 4.99 Å². The Bertz CT molecular complexity index is 1900. The predicted octanol–water partition coefficient (Wildman–Crippen LogP) is 8.09. The summed E-state index contributed by atoms with van der Waals surface area (Å²) >= 11 is 0. The summed E-state index contributed by atoms with van der Waals surface area (Å²) in [5.74, 6) is 0.809. The van der Waals surface area contributed by atoms with Gasteiger partial charge in [0.15, 0.2) is 0 Å². The molecule has 38 heavy (non-hydrogen) atoms. The van der Waals surface area contributed by atoms with Crippen LogP contribution in [0.1, 0.15) is 0 Å². The maximum atomic E-state index is 5.20. The van der Waals surface area contributed by atoms with E-state index in [1.54, 1.807) is 0 Å². The second-order valence-corrected chi connectivity index (χ2v) is 9.33. The van der Waals surface area contributed by atoms with E-state index in [0.29, 0.717) is 6.54 Å². The normalized spacial score (nSPS) is 17.2. The van der Waals surface area contributed by atoms with Gasteiger partial charge in [0.25, 0.3) is 0 Å². The molecule has 0 aliphatic carbocycles. The van der Waals surface area contributed by atoms with Gasteiger partial charge in [-0.05, 0) is 42.5 Å². The molecule has 6 aromatic rings. The highest BCUT2D eigenvalue weighted by molar-refractivity contribution is 6.25. The standard InChI is InChI=1S/C34H26N4/c1-25-15-5-4-14-24-35-34(36(25)26-16-6-2-7-17-26)38-31-23-13-11-21-29(31)32-28-20-10-12-22-30(28)37(33(32)38)27-18-8-3-9-19-27/h2-23H,1,24H2/b14-4-,15-5-,35-34+. The molecule has 4 aromatic carbocycles. The van der Waals surface area contributed by atoms with Crippen LogP contribution in [0.5, 0.6) is 0 Å². The Hall–Kier alpha value is -5.09. The number of hydrogen-bond donors (Lipinski definition) is 0. The van der Waals surface area contributed by atoms with E-state index >= 15 is 0 Å². The summed E-state index contributed by atoms with van der Waals surface area (Å²) in [5, 5.41) is 3.63. The zero-order valence-corrected chi connectivity index (χ0v) is 20.9. The largest absolute Gasteiger partial charge is 0.295 e. The number of fused-ring (bicyclic) bond motifs is 5. The lowest BCUT2D eigenvalue weighted by Crippen LogP contribution is -2.35. The first-order valence-electron chi connectivity index (χ1n) is 12.8. The van der Waals surface area contributed by atoms with E-state index < -0.39 is 0 Å². The van der Waals surface area contributed by atoms with Crippen LogP contribution in [0.3, 0.4) is 0 Å². The minimum Gasteiger partial charge on any atom is -0.295 e. The van der Waals surface area contributed by atoms with Crippen molar-refractivity contribution in [2.24, 2.45) is 4.99 Å². The molecule has 0 spiro atoms. The summed E-state index contributed by atoms with van der Waals surface area (Å²) in [6, 6.07) is 38.2. The van der Waals surface area contributed by atoms with Crippen molar-refractivity contribution in [2.45, 2.75) is 0 Å². The smallest absolute Gasteiger partial charge is 0.216 e. The van der Waals surface area contributed by atoms with Crippen molar-refractivity contribution in [1.82, 2.24) is 9.13 Å². The molecule has 0 fully saturated rings. The molecule has 3 heterocycles. The van der Waals surface area contributed by atoms with Crippen LogP contribution < -0.4 is 4.90 Å². The van der Waals surface area contributed by atoms with E-state index in [9.17, 15) is 0 Å². The topological polar surface area (TPSA) is 25.5 Å². The molecule has 7 rings (SSSR count). The maximum Gasteiger partial charge on any atom is 0.216 e. The van der Waals surface area contributed by atoms with Crippen LogP contribution in [0, 0.1) is 0 Å². The summed E-state index contributed by atoms with van der Waals surface area (Å²) in [5.41, 5.74) is 6.31. The molecule has 0 radical (unpaired) electrons. The van der Waals surface area contributed by atoms with E-state index in [2.05, 4.69) is 130 Å². The number of aromatic nitrogens is 2. The minimum absolute atomic E-state index is 0.551. The minimum atomic E-state index is 0.551. The lowest BCUT2D eigenvalue weighted by Gasteiger charge is -2.28. The van der Waals surface area contributed by atoms with Crippen molar-refractivity contribution in [3.05, 3.63) is 146 Å². The van der Waals surface area contributed by atoms with E-state index in [0.717, 1.165) is 39.7 Å². The average molecular weight is 491 g/mol. The number of nitrogens with zero attached hydrogens (tertiary/aromatic N) is 4. The fourth-order valence-corrected chi connectivity index (χ4v) is 5.48. The van der Waals surface area contributed by atoms with Crippen molar-refractivity contribution < 1.29 is 0 Å². The lowest BCUT2D eigenvalue weighted by atomic mass is 10.1. The number of para-hydroxylation sites is 4.